The fourth-order valence-corrected chi connectivity index (χ4v) is 5.35. The van der Waals surface area contributed by atoms with E-state index in [0.717, 1.165) is 17.0 Å². The Morgan fingerprint density at radius 3 is 2.30 bits per heavy atom. The van der Waals surface area contributed by atoms with E-state index in [4.69, 9.17) is 0 Å². The molecular weight excluding hydrogens is 432 g/mol. The molecule has 0 aliphatic carbocycles. The van der Waals surface area contributed by atoms with Crippen molar-refractivity contribution in [2.75, 3.05) is 26.2 Å². The molecule has 2 amide bonds. The lowest BCUT2D eigenvalue weighted by Crippen LogP contribution is -2.57. The van der Waals surface area contributed by atoms with Crippen molar-refractivity contribution in [1.82, 2.24) is 14.8 Å². The van der Waals surface area contributed by atoms with E-state index in [2.05, 4.69) is 4.98 Å². The highest BCUT2D eigenvalue weighted by Gasteiger charge is 2.50. The van der Waals surface area contributed by atoms with Gasteiger partial charge < -0.3 is 20.0 Å². The first-order valence-corrected chi connectivity index (χ1v) is 11.0. The third kappa shape index (κ3) is 4.06. The van der Waals surface area contributed by atoms with E-state index < -0.39 is 35.2 Å². The third-order valence-electron chi connectivity index (χ3n) is 7.15. The summed E-state index contributed by atoms with van der Waals surface area (Å²) in [7, 11) is 0. The van der Waals surface area contributed by atoms with Gasteiger partial charge in [-0.1, -0.05) is 26.0 Å². The SMILES string of the molecule is C[C@@H]1CN(C(=O)[C@@H]2CN(C(=O)O)C[C@H]2c2ccc(F)cc2F)C[C@H](C)C1(O)c1ccccn1. The summed E-state index contributed by atoms with van der Waals surface area (Å²) < 4.78 is 28.0. The third-order valence-corrected chi connectivity index (χ3v) is 7.15. The van der Waals surface area contributed by atoms with Crippen molar-refractivity contribution < 1.29 is 28.6 Å². The second-order valence-corrected chi connectivity index (χ2v) is 9.15. The summed E-state index contributed by atoms with van der Waals surface area (Å²) >= 11 is 0. The highest BCUT2D eigenvalue weighted by molar-refractivity contribution is 5.82. The zero-order valence-electron chi connectivity index (χ0n) is 18.5. The molecule has 4 rings (SSSR count). The Labute approximate surface area is 190 Å². The molecule has 2 aliphatic rings. The maximum atomic E-state index is 14.6. The summed E-state index contributed by atoms with van der Waals surface area (Å²) in [6.07, 6.45) is 0.424. The van der Waals surface area contributed by atoms with Crippen LogP contribution < -0.4 is 0 Å². The van der Waals surface area contributed by atoms with E-state index >= 15 is 0 Å². The molecule has 2 fully saturated rings. The Morgan fingerprint density at radius 1 is 1.03 bits per heavy atom. The van der Waals surface area contributed by atoms with Crippen LogP contribution in [0.15, 0.2) is 42.6 Å². The standard InChI is InChI=1S/C24H27F2N3O4/c1-14-10-28(11-15(2)24(14,33)21-5-3-4-8-27-21)22(30)19-13-29(23(31)32)12-18(19)17-7-6-16(25)9-20(17)26/h3-9,14-15,18-19,33H,10-13H2,1-2H3,(H,31,32)/t14-,15+,18-,19+,24?/m0/s1. The first-order valence-electron chi connectivity index (χ1n) is 11.0. The van der Waals surface area contributed by atoms with E-state index in [1.54, 1.807) is 29.3 Å². The lowest BCUT2D eigenvalue weighted by molar-refractivity contribution is -0.153. The number of piperidine rings is 1. The normalized spacial score (nSPS) is 29.8. The Kier molecular flexibility index (Phi) is 6.09. The van der Waals surface area contributed by atoms with Crippen LogP contribution in [0.2, 0.25) is 0 Å². The van der Waals surface area contributed by atoms with Crippen LogP contribution in [0.5, 0.6) is 0 Å². The van der Waals surface area contributed by atoms with Crippen molar-refractivity contribution in [2.24, 2.45) is 17.8 Å². The molecule has 2 aromatic rings. The molecule has 1 aromatic heterocycles. The second-order valence-electron chi connectivity index (χ2n) is 9.15. The van der Waals surface area contributed by atoms with Crippen molar-refractivity contribution in [3.8, 4) is 0 Å². The zero-order chi connectivity index (χ0) is 23.9. The smallest absolute Gasteiger partial charge is 0.407 e. The van der Waals surface area contributed by atoms with E-state index in [0.29, 0.717) is 5.69 Å². The number of benzene rings is 1. The summed E-state index contributed by atoms with van der Waals surface area (Å²) in [6.45, 7) is 4.07. The van der Waals surface area contributed by atoms with Gasteiger partial charge in [-0.2, -0.15) is 0 Å². The van der Waals surface area contributed by atoms with Gasteiger partial charge in [0.05, 0.1) is 11.6 Å². The van der Waals surface area contributed by atoms with Crippen LogP contribution >= 0.6 is 0 Å². The molecule has 7 nitrogen and oxygen atoms in total. The number of likely N-dealkylation sites (tertiary alicyclic amines) is 2. The number of aromatic nitrogens is 1. The number of halogens is 2. The van der Waals surface area contributed by atoms with Gasteiger partial charge in [-0.3, -0.25) is 9.78 Å². The number of aliphatic hydroxyl groups is 1. The maximum absolute atomic E-state index is 14.6. The summed E-state index contributed by atoms with van der Waals surface area (Å²) in [6, 6.07) is 8.48. The number of carbonyl (C=O) groups excluding carboxylic acids is 1. The van der Waals surface area contributed by atoms with E-state index in [-0.39, 0.29) is 49.5 Å². The Hall–Kier alpha value is -3.07. The Bertz CT molecular complexity index is 1040. The summed E-state index contributed by atoms with van der Waals surface area (Å²) in [5.41, 5.74) is -0.550. The maximum Gasteiger partial charge on any atom is 0.407 e. The lowest BCUT2D eigenvalue weighted by atomic mass is 9.72. The number of rotatable bonds is 3. The molecule has 0 bridgehead atoms. The van der Waals surface area contributed by atoms with Gasteiger partial charge in [0.25, 0.3) is 0 Å². The molecule has 5 atom stereocenters. The topological polar surface area (TPSA) is 94.0 Å². The molecule has 1 unspecified atom stereocenters. The number of hydrogen-bond acceptors (Lipinski definition) is 4. The van der Waals surface area contributed by atoms with Crippen molar-refractivity contribution in [3.63, 3.8) is 0 Å². The molecule has 1 aromatic carbocycles. The summed E-state index contributed by atoms with van der Waals surface area (Å²) in [5, 5.41) is 21.0. The fraction of sp³-hybridized carbons (Fsp3) is 0.458. The number of hydrogen-bond donors (Lipinski definition) is 2. The van der Waals surface area contributed by atoms with E-state index in [9.17, 15) is 28.6 Å². The molecule has 33 heavy (non-hydrogen) atoms. The predicted octanol–water partition coefficient (Wildman–Crippen LogP) is 3.06. The average Bonchev–Trinajstić information content (AvgIpc) is 3.22. The lowest BCUT2D eigenvalue weighted by Gasteiger charge is -2.48. The second kappa shape index (κ2) is 8.70. The minimum Gasteiger partial charge on any atom is -0.465 e. The van der Waals surface area contributed by atoms with Gasteiger partial charge in [0.2, 0.25) is 5.91 Å². The molecule has 0 saturated carbocycles. The van der Waals surface area contributed by atoms with Crippen molar-refractivity contribution >= 4 is 12.0 Å². The number of amides is 2. The highest BCUT2D eigenvalue weighted by Crippen LogP contribution is 2.42. The van der Waals surface area contributed by atoms with Crippen LogP contribution in [0, 0.1) is 29.4 Å². The molecule has 0 spiro atoms. The van der Waals surface area contributed by atoms with Gasteiger partial charge in [-0.25, -0.2) is 13.6 Å². The molecule has 2 saturated heterocycles. The van der Waals surface area contributed by atoms with Crippen molar-refractivity contribution in [2.45, 2.75) is 25.4 Å². The largest absolute Gasteiger partial charge is 0.465 e. The van der Waals surface area contributed by atoms with Crippen LogP contribution in [0.3, 0.4) is 0 Å². The molecule has 0 radical (unpaired) electrons. The molecule has 9 heteroatoms. The number of carbonyl (C=O) groups is 2. The van der Waals surface area contributed by atoms with Gasteiger partial charge in [0.15, 0.2) is 0 Å². The molecule has 2 N–H and O–H groups in total. The fourth-order valence-electron chi connectivity index (χ4n) is 5.35. The first kappa shape index (κ1) is 23.1. The van der Waals surface area contributed by atoms with Crippen molar-refractivity contribution in [1.29, 1.82) is 0 Å². The zero-order valence-corrected chi connectivity index (χ0v) is 18.5. The first-order chi connectivity index (χ1) is 15.6. The van der Waals surface area contributed by atoms with Crippen molar-refractivity contribution in [3.05, 3.63) is 65.5 Å². The van der Waals surface area contributed by atoms with Gasteiger partial charge in [-0.05, 0) is 23.8 Å². The van der Waals surface area contributed by atoms with Gasteiger partial charge in [-0.15, -0.1) is 0 Å². The van der Waals surface area contributed by atoms with Gasteiger partial charge in [0, 0.05) is 56.2 Å². The van der Waals surface area contributed by atoms with Crippen LogP contribution in [0.1, 0.15) is 31.0 Å². The molecule has 2 aliphatic heterocycles. The minimum absolute atomic E-state index is 0.0505. The van der Waals surface area contributed by atoms with E-state index in [1.165, 1.54) is 6.07 Å². The minimum atomic E-state index is -1.22. The Morgan fingerprint density at radius 2 is 1.73 bits per heavy atom. The molecule has 176 valence electrons. The summed E-state index contributed by atoms with van der Waals surface area (Å²) in [5.74, 6) is -4.03. The van der Waals surface area contributed by atoms with E-state index in [1.807, 2.05) is 13.8 Å². The number of carboxylic acid groups (broad SMARTS) is 1. The van der Waals surface area contributed by atoms with Crippen LogP contribution in [-0.4, -0.2) is 63.2 Å². The van der Waals surface area contributed by atoms with Gasteiger partial charge >= 0.3 is 6.09 Å². The quantitative estimate of drug-likeness (QED) is 0.736. The molecular formula is C24H27F2N3O4. The van der Waals surface area contributed by atoms with Crippen LogP contribution in [0.25, 0.3) is 0 Å². The number of pyridine rings is 1. The van der Waals surface area contributed by atoms with Crippen LogP contribution in [-0.2, 0) is 10.4 Å². The monoisotopic (exact) mass is 459 g/mol. The predicted molar refractivity (Wildman–Crippen MR) is 115 cm³/mol. The highest BCUT2D eigenvalue weighted by atomic mass is 19.1. The Balaban J connectivity index is 1.60. The molecule has 3 heterocycles. The number of nitrogens with zero attached hydrogens (tertiary/aromatic N) is 3. The average molecular weight is 459 g/mol. The van der Waals surface area contributed by atoms with Gasteiger partial charge in [0.1, 0.15) is 17.2 Å². The van der Waals surface area contributed by atoms with Crippen LogP contribution in [0.4, 0.5) is 13.6 Å². The summed E-state index contributed by atoms with van der Waals surface area (Å²) in [4.78, 5) is 32.2.